The standard InChI is InChI=1S/2C3H4O4.2C2H6.H2O2S/c2*4-2(5)1-3(6)7;2*1-2;1-3-2/h2*1H2,(H,4,5)(H,6,7);2*1-2H3;3H2. The number of carboxylic acid groups (broad SMARTS) is 4. The average Bonchev–Trinajstić information content (AvgIpc) is 2.32. The molecule has 0 fully saturated rings. The number of carboxylic acids is 4. The van der Waals surface area contributed by atoms with Crippen LogP contribution in [-0.2, 0) is 30.7 Å². The summed E-state index contributed by atoms with van der Waals surface area (Å²) in [4.78, 5) is 37.7. The second-order valence-electron chi connectivity index (χ2n) is 2.01. The summed E-state index contributed by atoms with van der Waals surface area (Å²) in [5.74, 6) is -5.25. The molecular weight excluding hydrogens is 312 g/mol. The van der Waals surface area contributed by atoms with E-state index in [4.69, 9.17) is 28.8 Å². The van der Waals surface area contributed by atoms with Crippen molar-refractivity contribution in [2.24, 2.45) is 0 Å². The Labute approximate surface area is 125 Å². The van der Waals surface area contributed by atoms with Crippen molar-refractivity contribution in [1.82, 2.24) is 0 Å². The molecule has 128 valence electrons. The highest BCUT2D eigenvalue weighted by Crippen LogP contribution is 1.74. The van der Waals surface area contributed by atoms with E-state index < -0.39 is 48.3 Å². The van der Waals surface area contributed by atoms with Gasteiger partial charge in [0.25, 0.3) is 0 Å². The zero-order valence-corrected chi connectivity index (χ0v) is 13.2. The molecule has 0 unspecified atom stereocenters. The highest BCUT2D eigenvalue weighted by atomic mass is 32.1. The zero-order chi connectivity index (χ0) is 18.4. The monoisotopic (exact) mass is 334 g/mol. The first-order chi connectivity index (χ1) is 9.67. The lowest BCUT2D eigenvalue weighted by atomic mass is 10.5. The second-order valence-corrected chi connectivity index (χ2v) is 2.18. The van der Waals surface area contributed by atoms with Gasteiger partial charge in [-0.3, -0.25) is 19.2 Å². The number of carbonyl (C=O) groups is 4. The molecule has 0 aromatic carbocycles. The molecule has 0 amide bonds. The highest BCUT2D eigenvalue weighted by molar-refractivity contribution is 7.51. The van der Waals surface area contributed by atoms with Crippen molar-refractivity contribution in [2.45, 2.75) is 40.5 Å². The molecule has 0 heterocycles. The summed E-state index contributed by atoms with van der Waals surface area (Å²) in [6.45, 7) is 8.00. The molecule has 10 nitrogen and oxygen atoms in total. The van der Waals surface area contributed by atoms with Gasteiger partial charge in [-0.15, -0.1) is 0 Å². The number of hydrogen-bond donors (Lipinski definition) is 4. The van der Waals surface area contributed by atoms with Crippen molar-refractivity contribution in [3.8, 4) is 0 Å². The summed E-state index contributed by atoms with van der Waals surface area (Å²) in [7, 11) is 0. The first kappa shape index (κ1) is 31.3. The van der Waals surface area contributed by atoms with E-state index in [0.717, 1.165) is 0 Å². The van der Waals surface area contributed by atoms with Crippen LogP contribution in [0.25, 0.3) is 0 Å². The first-order valence-electron chi connectivity index (χ1n) is 5.53. The summed E-state index contributed by atoms with van der Waals surface area (Å²) < 4.78 is 16.8. The minimum atomic E-state index is -1.42. The van der Waals surface area contributed by atoms with Crippen LogP contribution in [0, 0.1) is 0 Å². The molecule has 11 heteroatoms. The lowest BCUT2D eigenvalue weighted by Crippen LogP contribution is -2.03. The molecule has 4 N–H and O–H groups in total. The molecule has 0 rings (SSSR count). The van der Waals surface area contributed by atoms with Crippen molar-refractivity contribution in [2.75, 3.05) is 0 Å². The fraction of sp³-hybridized carbons (Fsp3) is 0.600. The first-order valence-corrected chi connectivity index (χ1v) is 6.35. The Morgan fingerprint density at radius 2 is 0.714 bits per heavy atom. The van der Waals surface area contributed by atoms with Gasteiger partial charge in [-0.1, -0.05) is 27.7 Å². The minimum absolute atomic E-state index is 0.806. The third-order valence-corrected chi connectivity index (χ3v) is 0.605. The van der Waals surface area contributed by atoms with Crippen LogP contribution in [0.2, 0.25) is 0 Å². The van der Waals surface area contributed by atoms with Crippen molar-refractivity contribution in [3.05, 3.63) is 0 Å². The summed E-state index contributed by atoms with van der Waals surface area (Å²) in [6, 6.07) is 0. The van der Waals surface area contributed by atoms with E-state index >= 15 is 0 Å². The fourth-order valence-corrected chi connectivity index (χ4v) is 0.259. The molecule has 0 aromatic rings. The fourth-order valence-electron chi connectivity index (χ4n) is 0.259. The molecule has 21 heavy (non-hydrogen) atoms. The minimum Gasteiger partial charge on any atom is -0.481 e. The molecule has 0 bridgehead atoms. The maximum Gasteiger partial charge on any atom is 0.314 e. The van der Waals surface area contributed by atoms with Crippen LogP contribution in [0.4, 0.5) is 0 Å². The van der Waals surface area contributed by atoms with Gasteiger partial charge in [-0.25, -0.2) is 8.42 Å². The molecule has 0 aromatic heterocycles. The molecule has 0 radical (unpaired) electrons. The number of rotatable bonds is 4. The van der Waals surface area contributed by atoms with Gasteiger partial charge in [0.05, 0.1) is 0 Å². The van der Waals surface area contributed by atoms with Gasteiger partial charge in [-0.05, 0) is 0 Å². The van der Waals surface area contributed by atoms with Gasteiger partial charge in [0.1, 0.15) is 24.4 Å². The molecule has 0 aliphatic heterocycles. The zero-order valence-electron chi connectivity index (χ0n) is 12.2. The van der Waals surface area contributed by atoms with E-state index in [-0.39, 0.29) is 0 Å². The Bertz CT molecular complexity index is 270. The Balaban J connectivity index is -0.0000000573. The molecule has 0 aliphatic carbocycles. The van der Waals surface area contributed by atoms with Crippen LogP contribution >= 0.6 is 0 Å². The summed E-state index contributed by atoms with van der Waals surface area (Å²) in [5, 5.41) is 30.8. The maximum atomic E-state index is 9.43. The van der Waals surface area contributed by atoms with Crippen LogP contribution in [0.5, 0.6) is 0 Å². The van der Waals surface area contributed by atoms with Gasteiger partial charge in [0.15, 0.2) is 0 Å². The van der Waals surface area contributed by atoms with E-state index in [2.05, 4.69) is 0 Å². The van der Waals surface area contributed by atoms with E-state index in [1.165, 1.54) is 0 Å². The summed E-state index contributed by atoms with van der Waals surface area (Å²) in [5.41, 5.74) is 0. The Hall–Kier alpha value is -2.17. The molecule has 0 aliphatic rings. The van der Waals surface area contributed by atoms with Crippen molar-refractivity contribution in [1.29, 1.82) is 0 Å². The average molecular weight is 334 g/mol. The molecule has 0 spiro atoms. The van der Waals surface area contributed by atoms with E-state index in [1.807, 2.05) is 27.7 Å². The maximum absolute atomic E-state index is 9.43. The lowest BCUT2D eigenvalue weighted by Gasteiger charge is -1.80. The molecule has 0 atom stereocenters. The third kappa shape index (κ3) is 131. The van der Waals surface area contributed by atoms with Crippen LogP contribution in [0.1, 0.15) is 40.5 Å². The van der Waals surface area contributed by atoms with E-state index in [9.17, 15) is 19.2 Å². The van der Waals surface area contributed by atoms with E-state index in [0.29, 0.717) is 0 Å². The van der Waals surface area contributed by atoms with Crippen LogP contribution in [0.3, 0.4) is 0 Å². The predicted octanol–water partition coefficient (Wildman–Crippen LogP) is -0.0618. The third-order valence-electron chi connectivity index (χ3n) is 0.605. The second kappa shape index (κ2) is 30.7. The molecular formula is C10H22O10S. The quantitative estimate of drug-likeness (QED) is 0.508. The SMILES string of the molecule is CC.CC.O=C(O)CC(=O)O.O=C(O)CC(=O)O.O=[SH2]=O. The smallest absolute Gasteiger partial charge is 0.314 e. The van der Waals surface area contributed by atoms with Crippen LogP contribution in [0.15, 0.2) is 0 Å². The van der Waals surface area contributed by atoms with Gasteiger partial charge in [-0.2, -0.15) is 0 Å². The Morgan fingerprint density at radius 3 is 0.714 bits per heavy atom. The lowest BCUT2D eigenvalue weighted by molar-refractivity contribution is -0.149. The number of aliphatic carboxylic acids is 4. The number of hydrogen-bond acceptors (Lipinski definition) is 6. The van der Waals surface area contributed by atoms with Crippen molar-refractivity contribution < 1.29 is 48.0 Å². The predicted molar refractivity (Wildman–Crippen MR) is 74.2 cm³/mol. The highest BCUT2D eigenvalue weighted by Gasteiger charge is 2.02. The summed E-state index contributed by atoms with van der Waals surface area (Å²) >= 11 is -1.42. The molecule has 0 saturated heterocycles. The Kier molecular flexibility index (Phi) is 45.7. The van der Waals surface area contributed by atoms with Crippen molar-refractivity contribution in [3.63, 3.8) is 0 Å². The van der Waals surface area contributed by atoms with Crippen molar-refractivity contribution >= 4 is 35.4 Å². The van der Waals surface area contributed by atoms with Gasteiger partial charge >= 0.3 is 23.9 Å². The van der Waals surface area contributed by atoms with Gasteiger partial charge < -0.3 is 20.4 Å². The Morgan fingerprint density at radius 1 is 0.619 bits per heavy atom. The van der Waals surface area contributed by atoms with Gasteiger partial charge in [0.2, 0.25) is 0 Å². The largest absolute Gasteiger partial charge is 0.481 e. The molecule has 0 saturated carbocycles. The topological polar surface area (TPSA) is 183 Å². The summed E-state index contributed by atoms with van der Waals surface area (Å²) in [6.07, 6.45) is -1.61. The van der Waals surface area contributed by atoms with Crippen LogP contribution in [-0.4, -0.2) is 52.7 Å². The van der Waals surface area contributed by atoms with Gasteiger partial charge in [0, 0.05) is 0 Å². The normalized spacial score (nSPS) is 6.67. The van der Waals surface area contributed by atoms with Crippen LogP contribution < -0.4 is 0 Å². The van der Waals surface area contributed by atoms with E-state index in [1.54, 1.807) is 0 Å².